The van der Waals surface area contributed by atoms with E-state index in [1.165, 1.54) is 0 Å². The topological polar surface area (TPSA) is 72.8 Å². The molecule has 1 aromatic heterocycles. The molecule has 0 saturated heterocycles. The van der Waals surface area contributed by atoms with Crippen LogP contribution in [-0.4, -0.2) is 56.8 Å². The molecule has 0 atom stereocenters. The molecule has 114 valence electrons. The molecule has 0 aliphatic carbocycles. The summed E-state index contributed by atoms with van der Waals surface area (Å²) in [4.78, 5) is 4.48. The van der Waals surface area contributed by atoms with Gasteiger partial charge in [0, 0.05) is 25.9 Å². The van der Waals surface area contributed by atoms with E-state index in [0.717, 1.165) is 23.7 Å². The molecule has 6 nitrogen and oxygen atoms in total. The number of pyridine rings is 1. The van der Waals surface area contributed by atoms with Crippen molar-refractivity contribution in [1.82, 2.24) is 10.3 Å². The maximum atomic E-state index is 8.60. The van der Waals surface area contributed by atoms with Gasteiger partial charge in [-0.3, -0.25) is 4.98 Å². The van der Waals surface area contributed by atoms with Gasteiger partial charge >= 0.3 is 0 Å². The molecule has 6 heteroatoms. The Morgan fingerprint density at radius 1 is 1.20 bits per heavy atom. The van der Waals surface area contributed by atoms with Crippen LogP contribution in [0.4, 0.5) is 0 Å². The highest BCUT2D eigenvalue weighted by Crippen LogP contribution is 2.16. The van der Waals surface area contributed by atoms with Crippen LogP contribution in [-0.2, 0) is 16.0 Å². The van der Waals surface area contributed by atoms with Gasteiger partial charge in [0.15, 0.2) is 0 Å². The summed E-state index contributed by atoms with van der Waals surface area (Å²) in [6.45, 7) is 5.27. The van der Waals surface area contributed by atoms with E-state index in [-0.39, 0.29) is 6.61 Å². The quantitative estimate of drug-likeness (QED) is 0.577. The number of methoxy groups -OCH3 is 1. The molecule has 0 radical (unpaired) electrons. The molecule has 0 aromatic carbocycles. The molecule has 0 aliphatic rings. The Hall–Kier alpha value is -1.21. The van der Waals surface area contributed by atoms with Gasteiger partial charge in [-0.2, -0.15) is 0 Å². The lowest BCUT2D eigenvalue weighted by molar-refractivity contribution is 0.0701. The van der Waals surface area contributed by atoms with Crippen molar-refractivity contribution in [1.29, 1.82) is 0 Å². The molecule has 0 bridgehead atoms. The number of aliphatic hydroxyl groups is 1. The molecular formula is C14H24N2O4. The predicted molar refractivity (Wildman–Crippen MR) is 76.0 cm³/mol. The molecule has 0 aliphatic heterocycles. The van der Waals surface area contributed by atoms with E-state index >= 15 is 0 Å². The van der Waals surface area contributed by atoms with E-state index in [1.807, 2.05) is 19.1 Å². The number of ether oxygens (including phenoxy) is 3. The van der Waals surface area contributed by atoms with Gasteiger partial charge < -0.3 is 24.6 Å². The molecule has 0 amide bonds. The fourth-order valence-corrected chi connectivity index (χ4v) is 1.61. The van der Waals surface area contributed by atoms with Crippen LogP contribution in [0, 0.1) is 6.92 Å². The van der Waals surface area contributed by atoms with Crippen molar-refractivity contribution >= 4 is 0 Å². The minimum absolute atomic E-state index is 0.0285. The first kappa shape index (κ1) is 16.8. The first-order valence-electron chi connectivity index (χ1n) is 6.75. The zero-order valence-corrected chi connectivity index (χ0v) is 12.2. The molecule has 0 unspecified atom stereocenters. The number of rotatable bonds is 11. The highest BCUT2D eigenvalue weighted by molar-refractivity contribution is 5.29. The summed E-state index contributed by atoms with van der Waals surface area (Å²) in [7, 11) is 1.67. The van der Waals surface area contributed by atoms with Crippen LogP contribution in [0.5, 0.6) is 5.75 Å². The van der Waals surface area contributed by atoms with Gasteiger partial charge in [0.25, 0.3) is 0 Å². The minimum Gasteiger partial charge on any atom is -0.489 e. The molecule has 1 heterocycles. The number of aliphatic hydroxyl groups excluding tert-OH is 1. The lowest BCUT2D eigenvalue weighted by Crippen LogP contribution is -2.20. The van der Waals surface area contributed by atoms with Crippen molar-refractivity contribution in [3.8, 4) is 5.75 Å². The van der Waals surface area contributed by atoms with Gasteiger partial charge in [0.05, 0.1) is 32.1 Å². The Balaban J connectivity index is 2.42. The van der Waals surface area contributed by atoms with Crippen LogP contribution in [0.15, 0.2) is 12.1 Å². The van der Waals surface area contributed by atoms with Crippen LogP contribution < -0.4 is 10.1 Å². The van der Waals surface area contributed by atoms with E-state index in [9.17, 15) is 0 Å². The summed E-state index contributed by atoms with van der Waals surface area (Å²) >= 11 is 0. The molecule has 0 saturated carbocycles. The summed E-state index contributed by atoms with van der Waals surface area (Å²) in [5.41, 5.74) is 1.83. The molecule has 1 aromatic rings. The Bertz CT molecular complexity index is 374. The second-order valence-corrected chi connectivity index (χ2v) is 4.25. The largest absolute Gasteiger partial charge is 0.489 e. The Morgan fingerprint density at radius 2 is 2.05 bits per heavy atom. The smallest absolute Gasteiger partial charge is 0.142 e. The van der Waals surface area contributed by atoms with Gasteiger partial charge in [0.2, 0.25) is 0 Å². The van der Waals surface area contributed by atoms with Crippen LogP contribution in [0.3, 0.4) is 0 Å². The number of hydrogen-bond donors (Lipinski definition) is 2. The van der Waals surface area contributed by atoms with E-state index in [0.29, 0.717) is 33.0 Å². The lowest BCUT2D eigenvalue weighted by atomic mass is 10.3. The summed E-state index contributed by atoms with van der Waals surface area (Å²) in [5.74, 6) is 0.758. The van der Waals surface area contributed by atoms with Crippen LogP contribution in [0.25, 0.3) is 0 Å². The van der Waals surface area contributed by atoms with Crippen molar-refractivity contribution in [2.75, 3.05) is 46.7 Å². The third kappa shape index (κ3) is 6.81. The highest BCUT2D eigenvalue weighted by Gasteiger charge is 2.05. The molecule has 0 fully saturated rings. The summed E-state index contributed by atoms with van der Waals surface area (Å²) in [6.07, 6.45) is 0. The maximum Gasteiger partial charge on any atom is 0.142 e. The highest BCUT2D eigenvalue weighted by atomic mass is 16.5. The summed E-state index contributed by atoms with van der Waals surface area (Å²) in [6, 6.07) is 3.84. The van der Waals surface area contributed by atoms with E-state index in [1.54, 1.807) is 7.11 Å². The minimum atomic E-state index is 0.0285. The Labute approximate surface area is 120 Å². The first-order valence-corrected chi connectivity index (χ1v) is 6.75. The fraction of sp³-hybridized carbons (Fsp3) is 0.643. The fourth-order valence-electron chi connectivity index (χ4n) is 1.61. The molecule has 20 heavy (non-hydrogen) atoms. The lowest BCUT2D eigenvalue weighted by Gasteiger charge is -2.12. The number of nitrogens with one attached hydrogen (secondary N) is 1. The molecule has 2 N–H and O–H groups in total. The van der Waals surface area contributed by atoms with E-state index in [4.69, 9.17) is 19.3 Å². The van der Waals surface area contributed by atoms with Crippen molar-refractivity contribution in [3.63, 3.8) is 0 Å². The molecule has 1 rings (SSSR count). The zero-order chi connectivity index (χ0) is 14.6. The summed E-state index contributed by atoms with van der Waals surface area (Å²) in [5, 5.41) is 11.9. The van der Waals surface area contributed by atoms with Crippen molar-refractivity contribution < 1.29 is 19.3 Å². The average molecular weight is 284 g/mol. The maximum absolute atomic E-state index is 8.60. The van der Waals surface area contributed by atoms with Crippen molar-refractivity contribution in [2.45, 2.75) is 13.5 Å². The Morgan fingerprint density at radius 3 is 2.80 bits per heavy atom. The van der Waals surface area contributed by atoms with Crippen LogP contribution >= 0.6 is 0 Å². The van der Waals surface area contributed by atoms with Gasteiger partial charge in [0.1, 0.15) is 12.4 Å². The normalized spacial score (nSPS) is 10.8. The average Bonchev–Trinajstić information content (AvgIpc) is 2.45. The number of nitrogens with zero attached hydrogens (tertiary/aromatic N) is 1. The van der Waals surface area contributed by atoms with E-state index < -0.39 is 0 Å². The zero-order valence-electron chi connectivity index (χ0n) is 12.2. The van der Waals surface area contributed by atoms with Gasteiger partial charge in [-0.05, 0) is 19.1 Å². The van der Waals surface area contributed by atoms with Gasteiger partial charge in [-0.1, -0.05) is 0 Å². The van der Waals surface area contributed by atoms with E-state index in [2.05, 4.69) is 10.3 Å². The second kappa shape index (κ2) is 10.6. The van der Waals surface area contributed by atoms with Gasteiger partial charge in [-0.25, -0.2) is 0 Å². The number of hydrogen-bond acceptors (Lipinski definition) is 6. The number of aryl methyl sites for hydroxylation is 1. The van der Waals surface area contributed by atoms with Crippen molar-refractivity contribution in [3.05, 3.63) is 23.5 Å². The van der Waals surface area contributed by atoms with Crippen LogP contribution in [0.1, 0.15) is 11.4 Å². The molecular weight excluding hydrogens is 260 g/mol. The molecule has 0 spiro atoms. The third-order valence-electron chi connectivity index (χ3n) is 2.57. The first-order chi connectivity index (χ1) is 9.77. The van der Waals surface area contributed by atoms with Crippen LogP contribution in [0.2, 0.25) is 0 Å². The second-order valence-electron chi connectivity index (χ2n) is 4.25. The standard InChI is InChI=1S/C14H24N2O4/c1-12-3-4-14(20-10-9-19-8-6-17)13(16-12)11-15-5-7-18-2/h3-4,15,17H,5-11H2,1-2H3. The number of aromatic nitrogens is 1. The predicted octanol–water partition coefficient (Wildman–Crippen LogP) is 0.514. The SMILES string of the molecule is COCCNCc1nc(C)ccc1OCCOCCO. The van der Waals surface area contributed by atoms with Gasteiger partial charge in [-0.15, -0.1) is 0 Å². The summed E-state index contributed by atoms with van der Waals surface area (Å²) < 4.78 is 15.8. The third-order valence-corrected chi connectivity index (χ3v) is 2.57. The Kier molecular flexibility index (Phi) is 8.90. The van der Waals surface area contributed by atoms with Crippen molar-refractivity contribution in [2.24, 2.45) is 0 Å². The monoisotopic (exact) mass is 284 g/mol.